The number of nitriles is 1. The smallest absolute Gasteiger partial charge is 0.251 e. The summed E-state index contributed by atoms with van der Waals surface area (Å²) in [5.41, 5.74) is 4.34. The molecule has 4 rings (SSSR count). The molecule has 0 bridgehead atoms. The normalized spacial score (nSPS) is 10.8. The summed E-state index contributed by atoms with van der Waals surface area (Å²) in [4.78, 5) is 25.7. The van der Waals surface area contributed by atoms with E-state index in [9.17, 15) is 14.9 Å². The minimum Gasteiger partial charge on any atom is -0.308 e. The van der Waals surface area contributed by atoms with Crippen LogP contribution in [0.3, 0.4) is 0 Å². The highest BCUT2D eigenvalue weighted by atomic mass is 16.2. The van der Waals surface area contributed by atoms with Crippen LogP contribution in [-0.4, -0.2) is 20.3 Å². The van der Waals surface area contributed by atoms with E-state index in [1.807, 2.05) is 63.2 Å². The number of anilines is 1. The van der Waals surface area contributed by atoms with Gasteiger partial charge in [-0.2, -0.15) is 10.4 Å². The lowest BCUT2D eigenvalue weighted by Crippen LogP contribution is -2.29. The van der Waals surface area contributed by atoms with Crippen LogP contribution in [-0.2, 0) is 11.3 Å². The van der Waals surface area contributed by atoms with Crippen molar-refractivity contribution in [1.82, 2.24) is 14.3 Å². The zero-order valence-corrected chi connectivity index (χ0v) is 17.5. The molecule has 0 radical (unpaired) electrons. The van der Waals surface area contributed by atoms with Gasteiger partial charge in [-0.3, -0.25) is 14.2 Å². The predicted molar refractivity (Wildman–Crippen MR) is 119 cm³/mol. The molecule has 4 aromatic rings. The molecule has 0 atom stereocenters. The number of benzene rings is 2. The molecule has 0 aliphatic heterocycles. The summed E-state index contributed by atoms with van der Waals surface area (Å²) < 4.78 is 2.97. The van der Waals surface area contributed by atoms with E-state index in [4.69, 9.17) is 0 Å². The van der Waals surface area contributed by atoms with Crippen molar-refractivity contribution < 1.29 is 4.79 Å². The van der Waals surface area contributed by atoms with Crippen LogP contribution in [0.25, 0.3) is 16.6 Å². The number of aryl methyl sites for hydroxylation is 3. The number of hydrogen-bond acceptors (Lipinski definition) is 4. The molecule has 0 saturated heterocycles. The Morgan fingerprint density at radius 2 is 1.84 bits per heavy atom. The molecule has 0 spiro atoms. The number of pyridine rings is 1. The van der Waals surface area contributed by atoms with Crippen LogP contribution in [0.2, 0.25) is 0 Å². The quantitative estimate of drug-likeness (QED) is 0.555. The van der Waals surface area contributed by atoms with Gasteiger partial charge in [0, 0.05) is 11.5 Å². The van der Waals surface area contributed by atoms with E-state index in [-0.39, 0.29) is 23.5 Å². The number of carbonyl (C=O) groups excluding carboxylic acids is 1. The molecule has 2 aromatic carbocycles. The van der Waals surface area contributed by atoms with Crippen molar-refractivity contribution in [3.8, 4) is 11.8 Å². The van der Waals surface area contributed by atoms with Crippen molar-refractivity contribution in [2.75, 3.05) is 5.32 Å². The lowest BCUT2D eigenvalue weighted by molar-refractivity contribution is -0.116. The van der Waals surface area contributed by atoms with Gasteiger partial charge in [-0.05, 0) is 50.1 Å². The summed E-state index contributed by atoms with van der Waals surface area (Å²) >= 11 is 0. The third kappa shape index (κ3) is 3.71. The van der Waals surface area contributed by atoms with E-state index in [0.717, 1.165) is 27.6 Å². The molecule has 2 aromatic heterocycles. The summed E-state index contributed by atoms with van der Waals surface area (Å²) in [6, 6.07) is 16.8. The maximum atomic E-state index is 13.0. The van der Waals surface area contributed by atoms with Crippen molar-refractivity contribution in [1.29, 1.82) is 5.26 Å². The predicted octanol–water partition coefficient (Wildman–Crippen LogP) is 3.62. The van der Waals surface area contributed by atoms with Crippen LogP contribution in [0.5, 0.6) is 0 Å². The van der Waals surface area contributed by atoms with Gasteiger partial charge >= 0.3 is 0 Å². The first-order valence-electron chi connectivity index (χ1n) is 9.84. The monoisotopic (exact) mass is 411 g/mol. The standard InChI is InChI=1S/C24H21N5O2/c1-15-9-17(3)23-20(10-15)16(2)11-22(31)28(23)14-21(30)27-24-18(12-25)13-26-29(24)19-7-5-4-6-8-19/h4-11,13H,14H2,1-3H3,(H,27,30). The lowest BCUT2D eigenvalue weighted by atomic mass is 10.0. The van der Waals surface area contributed by atoms with Crippen molar-refractivity contribution in [2.45, 2.75) is 27.3 Å². The van der Waals surface area contributed by atoms with Gasteiger partial charge in [0.15, 0.2) is 5.82 Å². The Balaban J connectivity index is 1.73. The van der Waals surface area contributed by atoms with Gasteiger partial charge in [-0.1, -0.05) is 29.8 Å². The summed E-state index contributed by atoms with van der Waals surface area (Å²) in [6.45, 7) is 5.65. The van der Waals surface area contributed by atoms with Crippen LogP contribution in [0.4, 0.5) is 5.82 Å². The van der Waals surface area contributed by atoms with Gasteiger partial charge in [-0.25, -0.2) is 4.68 Å². The van der Waals surface area contributed by atoms with Crippen molar-refractivity contribution in [2.24, 2.45) is 0 Å². The van der Waals surface area contributed by atoms with Gasteiger partial charge in [-0.15, -0.1) is 0 Å². The zero-order valence-electron chi connectivity index (χ0n) is 17.5. The van der Waals surface area contributed by atoms with E-state index in [2.05, 4.69) is 16.5 Å². The molecule has 2 heterocycles. The first-order chi connectivity index (χ1) is 14.9. The molecule has 31 heavy (non-hydrogen) atoms. The van der Waals surface area contributed by atoms with Gasteiger partial charge in [0.25, 0.3) is 5.56 Å². The fourth-order valence-corrected chi connectivity index (χ4v) is 3.86. The number of hydrogen-bond donors (Lipinski definition) is 1. The Labute approximate surface area is 179 Å². The Bertz CT molecular complexity index is 1410. The highest BCUT2D eigenvalue weighted by Crippen LogP contribution is 2.23. The van der Waals surface area contributed by atoms with Gasteiger partial charge in [0.05, 0.1) is 17.4 Å². The fourth-order valence-electron chi connectivity index (χ4n) is 3.86. The molecule has 1 amide bonds. The minimum absolute atomic E-state index is 0.176. The van der Waals surface area contributed by atoms with E-state index >= 15 is 0 Å². The number of nitrogens with zero attached hydrogens (tertiary/aromatic N) is 4. The number of rotatable bonds is 4. The van der Waals surface area contributed by atoms with Crippen molar-refractivity contribution in [3.63, 3.8) is 0 Å². The molecular formula is C24H21N5O2. The van der Waals surface area contributed by atoms with Gasteiger partial charge in [0.2, 0.25) is 5.91 Å². The molecule has 7 heteroatoms. The second-order valence-corrected chi connectivity index (χ2v) is 7.54. The van der Waals surface area contributed by atoms with Crippen LogP contribution in [0, 0.1) is 32.1 Å². The van der Waals surface area contributed by atoms with Crippen molar-refractivity contribution >= 4 is 22.6 Å². The second kappa shape index (κ2) is 7.92. The topological polar surface area (TPSA) is 92.7 Å². The van der Waals surface area contributed by atoms with Crippen LogP contribution < -0.4 is 10.9 Å². The highest BCUT2D eigenvalue weighted by Gasteiger charge is 2.17. The molecule has 0 aliphatic carbocycles. The molecule has 0 saturated carbocycles. The zero-order chi connectivity index (χ0) is 22.1. The summed E-state index contributed by atoms with van der Waals surface area (Å²) in [7, 11) is 0. The van der Waals surface area contributed by atoms with E-state index < -0.39 is 5.91 Å². The van der Waals surface area contributed by atoms with E-state index in [1.54, 1.807) is 6.07 Å². The molecule has 7 nitrogen and oxygen atoms in total. The average Bonchev–Trinajstić information content (AvgIpc) is 3.14. The molecule has 0 unspecified atom stereocenters. The number of amides is 1. The van der Waals surface area contributed by atoms with E-state index in [0.29, 0.717) is 5.69 Å². The molecule has 154 valence electrons. The largest absolute Gasteiger partial charge is 0.308 e. The van der Waals surface area contributed by atoms with Crippen LogP contribution in [0.15, 0.2) is 59.5 Å². The Morgan fingerprint density at radius 3 is 2.55 bits per heavy atom. The van der Waals surface area contributed by atoms with Crippen molar-refractivity contribution in [3.05, 3.63) is 87.3 Å². The molecule has 0 fully saturated rings. The van der Waals surface area contributed by atoms with E-state index in [1.165, 1.54) is 15.4 Å². The van der Waals surface area contributed by atoms with Gasteiger partial charge < -0.3 is 5.32 Å². The number of carbonyl (C=O) groups is 1. The summed E-state index contributed by atoms with van der Waals surface area (Å²) in [6.07, 6.45) is 1.41. The number of para-hydroxylation sites is 1. The maximum absolute atomic E-state index is 13.0. The first-order valence-corrected chi connectivity index (χ1v) is 9.84. The molecule has 0 aliphatic rings. The average molecular weight is 411 g/mol. The van der Waals surface area contributed by atoms with Crippen LogP contribution in [0.1, 0.15) is 22.3 Å². The summed E-state index contributed by atoms with van der Waals surface area (Å²) in [5.74, 6) is -0.142. The Hall–Kier alpha value is -4.18. The summed E-state index contributed by atoms with van der Waals surface area (Å²) in [5, 5.41) is 17.4. The fraction of sp³-hybridized carbons (Fsp3) is 0.167. The number of nitrogens with one attached hydrogen (secondary N) is 1. The second-order valence-electron chi connectivity index (χ2n) is 7.54. The molecule has 1 N–H and O–H groups in total. The first kappa shape index (κ1) is 20.1. The molecular weight excluding hydrogens is 390 g/mol. The lowest BCUT2D eigenvalue weighted by Gasteiger charge is -2.15. The number of aromatic nitrogens is 3. The number of fused-ring (bicyclic) bond motifs is 1. The maximum Gasteiger partial charge on any atom is 0.251 e. The minimum atomic E-state index is -0.415. The highest BCUT2D eigenvalue weighted by molar-refractivity contribution is 5.93. The Kier molecular flexibility index (Phi) is 5.14. The SMILES string of the molecule is Cc1cc(C)c2c(c1)c(C)cc(=O)n2CC(=O)Nc1c(C#N)cnn1-c1ccccc1. The van der Waals surface area contributed by atoms with Crippen LogP contribution >= 0.6 is 0 Å². The Morgan fingerprint density at radius 1 is 1.10 bits per heavy atom. The third-order valence-electron chi connectivity index (χ3n) is 5.20. The van der Waals surface area contributed by atoms with Gasteiger partial charge in [0.1, 0.15) is 18.2 Å². The third-order valence-corrected chi connectivity index (χ3v) is 5.20.